The summed E-state index contributed by atoms with van der Waals surface area (Å²) in [5, 5.41) is 5.15. The zero-order valence-electron chi connectivity index (χ0n) is 14.7. The van der Waals surface area contributed by atoms with Gasteiger partial charge < -0.3 is 9.73 Å². The van der Waals surface area contributed by atoms with Crippen LogP contribution in [0.1, 0.15) is 21.8 Å². The van der Waals surface area contributed by atoms with Gasteiger partial charge >= 0.3 is 0 Å². The number of carbonyl (C=O) groups excluding carboxylic acids is 1. The minimum atomic E-state index is -0.722. The molecule has 1 amide bonds. The topological polar surface area (TPSA) is 55.1 Å². The second kappa shape index (κ2) is 7.73. The molecule has 0 aliphatic rings. The zero-order valence-corrected chi connectivity index (χ0v) is 16.3. The van der Waals surface area contributed by atoms with Gasteiger partial charge in [-0.05, 0) is 25.1 Å². The molecule has 0 fully saturated rings. The van der Waals surface area contributed by atoms with Crippen LogP contribution < -0.4 is 5.32 Å². The predicted molar refractivity (Wildman–Crippen MR) is 107 cm³/mol. The van der Waals surface area contributed by atoms with Crippen LogP contribution in [0.5, 0.6) is 0 Å². The SMILES string of the molecule is Cc1csc(SCc2c(C(=O)Nc3cc(F)ccc3F)oc3ccccc23)n1. The summed E-state index contributed by atoms with van der Waals surface area (Å²) in [7, 11) is 0. The lowest BCUT2D eigenvalue weighted by Crippen LogP contribution is -2.14. The second-order valence-electron chi connectivity index (χ2n) is 6.03. The summed E-state index contributed by atoms with van der Waals surface area (Å²) >= 11 is 3.02. The standard InChI is InChI=1S/C20H14F2N2O2S2/c1-11-9-27-20(23-11)28-10-14-13-4-2-3-5-17(13)26-18(14)19(25)24-16-8-12(21)6-7-15(16)22/h2-9H,10H2,1H3,(H,24,25). The van der Waals surface area contributed by atoms with E-state index in [2.05, 4.69) is 10.3 Å². The number of nitrogens with one attached hydrogen (secondary N) is 1. The quantitative estimate of drug-likeness (QED) is 0.404. The lowest BCUT2D eigenvalue weighted by atomic mass is 10.1. The molecule has 0 aliphatic heterocycles. The van der Waals surface area contributed by atoms with Crippen molar-refractivity contribution in [2.24, 2.45) is 0 Å². The number of nitrogens with zero attached hydrogens (tertiary/aromatic N) is 1. The molecule has 0 saturated heterocycles. The van der Waals surface area contributed by atoms with E-state index in [1.54, 1.807) is 12.1 Å². The average molecular weight is 416 g/mol. The number of anilines is 1. The van der Waals surface area contributed by atoms with E-state index in [-0.39, 0.29) is 11.4 Å². The first-order valence-corrected chi connectivity index (χ1v) is 10.2. The Balaban J connectivity index is 1.67. The summed E-state index contributed by atoms with van der Waals surface area (Å²) in [5.74, 6) is -1.47. The second-order valence-corrected chi connectivity index (χ2v) is 8.11. The van der Waals surface area contributed by atoms with Crippen molar-refractivity contribution in [1.29, 1.82) is 0 Å². The van der Waals surface area contributed by atoms with Gasteiger partial charge in [0.25, 0.3) is 5.91 Å². The summed E-state index contributed by atoms with van der Waals surface area (Å²) in [5.41, 5.74) is 1.93. The first-order valence-electron chi connectivity index (χ1n) is 8.33. The average Bonchev–Trinajstić information content (AvgIpc) is 3.26. The highest BCUT2D eigenvalue weighted by atomic mass is 32.2. The van der Waals surface area contributed by atoms with Gasteiger partial charge in [-0.2, -0.15) is 0 Å². The van der Waals surface area contributed by atoms with Crippen LogP contribution in [0.4, 0.5) is 14.5 Å². The fraction of sp³-hybridized carbons (Fsp3) is 0.100. The maximum absolute atomic E-state index is 13.9. The van der Waals surface area contributed by atoms with Crippen LogP contribution in [0.3, 0.4) is 0 Å². The van der Waals surface area contributed by atoms with Crippen molar-refractivity contribution in [3.63, 3.8) is 0 Å². The molecule has 2 aromatic heterocycles. The number of furan rings is 1. The van der Waals surface area contributed by atoms with Crippen molar-refractivity contribution in [1.82, 2.24) is 4.98 Å². The Hall–Kier alpha value is -2.71. The molecule has 0 radical (unpaired) electrons. The molecule has 4 aromatic rings. The molecule has 4 nitrogen and oxygen atoms in total. The Morgan fingerprint density at radius 2 is 2.07 bits per heavy atom. The van der Waals surface area contributed by atoms with Crippen molar-refractivity contribution >= 4 is 45.7 Å². The van der Waals surface area contributed by atoms with E-state index < -0.39 is 17.5 Å². The van der Waals surface area contributed by atoms with Crippen LogP contribution in [0.15, 0.2) is 56.6 Å². The molecule has 2 aromatic carbocycles. The smallest absolute Gasteiger partial charge is 0.291 e. The third-order valence-electron chi connectivity index (χ3n) is 4.02. The van der Waals surface area contributed by atoms with E-state index in [0.717, 1.165) is 33.6 Å². The van der Waals surface area contributed by atoms with Crippen molar-refractivity contribution in [2.75, 3.05) is 5.32 Å². The normalized spacial score (nSPS) is 11.1. The number of fused-ring (bicyclic) bond motifs is 1. The Morgan fingerprint density at radius 3 is 2.86 bits per heavy atom. The molecular formula is C20H14F2N2O2S2. The van der Waals surface area contributed by atoms with Crippen LogP contribution in [0.25, 0.3) is 11.0 Å². The molecule has 0 bridgehead atoms. The lowest BCUT2D eigenvalue weighted by molar-refractivity contribution is 0.0997. The molecule has 4 rings (SSSR count). The van der Waals surface area contributed by atoms with Crippen LogP contribution in [0, 0.1) is 18.6 Å². The third kappa shape index (κ3) is 3.79. The molecule has 0 spiro atoms. The highest BCUT2D eigenvalue weighted by Gasteiger charge is 2.22. The van der Waals surface area contributed by atoms with Gasteiger partial charge in [0, 0.05) is 33.8 Å². The fourth-order valence-corrected chi connectivity index (χ4v) is 4.61. The van der Waals surface area contributed by atoms with E-state index in [1.807, 2.05) is 24.4 Å². The number of thioether (sulfide) groups is 1. The van der Waals surface area contributed by atoms with E-state index in [1.165, 1.54) is 23.1 Å². The number of hydrogen-bond acceptors (Lipinski definition) is 5. The molecule has 0 atom stereocenters. The van der Waals surface area contributed by atoms with Crippen molar-refractivity contribution in [3.8, 4) is 0 Å². The molecule has 0 saturated carbocycles. The number of para-hydroxylation sites is 1. The lowest BCUT2D eigenvalue weighted by Gasteiger charge is -2.06. The minimum Gasteiger partial charge on any atom is -0.451 e. The first kappa shape index (κ1) is 18.6. The van der Waals surface area contributed by atoms with Gasteiger partial charge in [0.15, 0.2) is 5.76 Å². The number of thiazole rings is 1. The summed E-state index contributed by atoms with van der Waals surface area (Å²) < 4.78 is 33.9. The number of hydrogen-bond donors (Lipinski definition) is 1. The molecule has 8 heteroatoms. The fourth-order valence-electron chi connectivity index (χ4n) is 2.73. The van der Waals surface area contributed by atoms with Gasteiger partial charge in [-0.1, -0.05) is 30.0 Å². The number of benzene rings is 2. The number of rotatable bonds is 5. The molecular weight excluding hydrogens is 402 g/mol. The Labute approximate surface area is 167 Å². The summed E-state index contributed by atoms with van der Waals surface area (Å²) in [4.78, 5) is 17.2. The van der Waals surface area contributed by atoms with Crippen LogP contribution >= 0.6 is 23.1 Å². The zero-order chi connectivity index (χ0) is 19.7. The van der Waals surface area contributed by atoms with Gasteiger partial charge in [0.05, 0.1) is 5.69 Å². The number of aromatic nitrogens is 1. The Morgan fingerprint density at radius 1 is 1.25 bits per heavy atom. The van der Waals surface area contributed by atoms with E-state index in [4.69, 9.17) is 4.42 Å². The largest absolute Gasteiger partial charge is 0.451 e. The molecule has 2 heterocycles. The monoisotopic (exact) mass is 416 g/mol. The van der Waals surface area contributed by atoms with Crippen LogP contribution in [-0.2, 0) is 5.75 Å². The highest BCUT2D eigenvalue weighted by molar-refractivity contribution is 8.00. The molecule has 0 unspecified atom stereocenters. The molecule has 142 valence electrons. The number of aryl methyl sites for hydroxylation is 1. The maximum Gasteiger partial charge on any atom is 0.291 e. The number of halogens is 2. The van der Waals surface area contributed by atoms with Crippen LogP contribution in [0.2, 0.25) is 0 Å². The van der Waals surface area contributed by atoms with Crippen LogP contribution in [-0.4, -0.2) is 10.9 Å². The van der Waals surface area contributed by atoms with E-state index >= 15 is 0 Å². The molecule has 28 heavy (non-hydrogen) atoms. The Bertz CT molecular complexity index is 1170. The van der Waals surface area contributed by atoms with Gasteiger partial charge in [-0.15, -0.1) is 11.3 Å². The summed E-state index contributed by atoms with van der Waals surface area (Å²) in [6.07, 6.45) is 0. The van der Waals surface area contributed by atoms with Crippen molar-refractivity contribution < 1.29 is 18.0 Å². The van der Waals surface area contributed by atoms with E-state index in [9.17, 15) is 13.6 Å². The molecule has 0 aliphatic carbocycles. The van der Waals surface area contributed by atoms with Gasteiger partial charge in [0.1, 0.15) is 21.6 Å². The van der Waals surface area contributed by atoms with Gasteiger partial charge in [-0.3, -0.25) is 4.79 Å². The first-order chi connectivity index (χ1) is 13.5. The minimum absolute atomic E-state index is 0.0747. The van der Waals surface area contributed by atoms with Crippen molar-refractivity contribution in [3.05, 3.63) is 76.5 Å². The van der Waals surface area contributed by atoms with E-state index in [0.29, 0.717) is 16.9 Å². The van der Waals surface area contributed by atoms with Gasteiger partial charge in [0.2, 0.25) is 0 Å². The Kier molecular flexibility index (Phi) is 5.15. The third-order valence-corrected chi connectivity index (χ3v) is 6.18. The highest BCUT2D eigenvalue weighted by Crippen LogP contribution is 2.33. The predicted octanol–water partition coefficient (Wildman–Crippen LogP) is 6.02. The number of amides is 1. The summed E-state index contributed by atoms with van der Waals surface area (Å²) in [6.45, 7) is 1.92. The van der Waals surface area contributed by atoms with Gasteiger partial charge in [-0.25, -0.2) is 13.8 Å². The maximum atomic E-state index is 13.9. The number of carbonyl (C=O) groups is 1. The summed E-state index contributed by atoms with van der Waals surface area (Å²) in [6, 6.07) is 10.2. The molecule has 1 N–H and O–H groups in total. The van der Waals surface area contributed by atoms with Crippen molar-refractivity contribution in [2.45, 2.75) is 17.0 Å².